The van der Waals surface area contributed by atoms with E-state index in [4.69, 9.17) is 4.42 Å². The van der Waals surface area contributed by atoms with Crippen molar-refractivity contribution in [3.8, 4) is 0 Å². The average molecular weight is 261 g/mol. The third-order valence-corrected chi connectivity index (χ3v) is 3.67. The highest BCUT2D eigenvalue weighted by atomic mass is 32.1. The molecule has 2 aromatic rings. The number of amides is 1. The lowest BCUT2D eigenvalue weighted by Crippen LogP contribution is -2.23. The predicted octanol–water partition coefficient (Wildman–Crippen LogP) is 3.32. The maximum Gasteiger partial charge on any atom is 0.246 e. The second-order valence-corrected chi connectivity index (χ2v) is 5.07. The van der Waals surface area contributed by atoms with Crippen LogP contribution in [0.2, 0.25) is 0 Å². The molecule has 0 N–H and O–H groups in total. The van der Waals surface area contributed by atoms with Crippen molar-refractivity contribution in [1.29, 1.82) is 0 Å². The molecule has 0 aliphatic carbocycles. The summed E-state index contributed by atoms with van der Waals surface area (Å²) >= 11 is 1.67. The van der Waals surface area contributed by atoms with Gasteiger partial charge in [0.2, 0.25) is 5.91 Å². The van der Waals surface area contributed by atoms with Gasteiger partial charge in [-0.15, -0.1) is 11.3 Å². The van der Waals surface area contributed by atoms with Crippen molar-refractivity contribution in [3.05, 3.63) is 52.1 Å². The molecule has 2 heterocycles. The van der Waals surface area contributed by atoms with Gasteiger partial charge in [0.1, 0.15) is 5.76 Å². The number of aryl methyl sites for hydroxylation is 1. The molecule has 0 bridgehead atoms. The summed E-state index contributed by atoms with van der Waals surface area (Å²) in [5.41, 5.74) is 1.23. The normalized spacial score (nSPS) is 11.0. The first-order valence-electron chi connectivity index (χ1n) is 5.66. The predicted molar refractivity (Wildman–Crippen MR) is 73.3 cm³/mol. The minimum atomic E-state index is -0.0285. The molecule has 0 saturated heterocycles. The van der Waals surface area contributed by atoms with E-state index in [-0.39, 0.29) is 5.91 Å². The Balaban J connectivity index is 1.95. The molecule has 1 amide bonds. The lowest BCUT2D eigenvalue weighted by molar-refractivity contribution is -0.125. The Kier molecular flexibility index (Phi) is 3.99. The van der Waals surface area contributed by atoms with Gasteiger partial charge in [-0.3, -0.25) is 4.79 Å². The van der Waals surface area contributed by atoms with Crippen LogP contribution in [0.5, 0.6) is 0 Å². The maximum atomic E-state index is 11.9. The van der Waals surface area contributed by atoms with Crippen LogP contribution in [0.3, 0.4) is 0 Å². The lowest BCUT2D eigenvalue weighted by Gasteiger charge is -2.14. The number of likely N-dealkylation sites (N-methyl/N-ethyl adjacent to an activating group) is 1. The van der Waals surface area contributed by atoms with Crippen molar-refractivity contribution in [2.24, 2.45) is 0 Å². The van der Waals surface area contributed by atoms with Gasteiger partial charge >= 0.3 is 0 Å². The van der Waals surface area contributed by atoms with Gasteiger partial charge in [0, 0.05) is 18.0 Å². The molecule has 0 aromatic carbocycles. The Morgan fingerprint density at radius 2 is 2.33 bits per heavy atom. The fourth-order valence-electron chi connectivity index (χ4n) is 1.53. The zero-order chi connectivity index (χ0) is 13.0. The zero-order valence-electron chi connectivity index (χ0n) is 10.4. The number of rotatable bonds is 4. The molecule has 3 nitrogen and oxygen atoms in total. The fraction of sp³-hybridized carbons (Fsp3) is 0.214. The van der Waals surface area contributed by atoms with Crippen LogP contribution >= 0.6 is 11.3 Å². The third-order valence-electron chi connectivity index (χ3n) is 2.66. The molecule has 0 unspecified atom stereocenters. The molecule has 2 aromatic heterocycles. The number of hydrogen-bond donors (Lipinski definition) is 0. The van der Waals surface area contributed by atoms with Crippen LogP contribution in [0.1, 0.15) is 16.2 Å². The van der Waals surface area contributed by atoms with E-state index in [0.717, 1.165) is 0 Å². The van der Waals surface area contributed by atoms with Crippen molar-refractivity contribution in [1.82, 2.24) is 4.90 Å². The number of furan rings is 1. The maximum absolute atomic E-state index is 11.9. The van der Waals surface area contributed by atoms with Crippen LogP contribution in [0.25, 0.3) is 6.08 Å². The smallest absolute Gasteiger partial charge is 0.246 e. The highest BCUT2D eigenvalue weighted by Gasteiger charge is 2.08. The molecular weight excluding hydrogens is 246 g/mol. The topological polar surface area (TPSA) is 33.5 Å². The van der Waals surface area contributed by atoms with E-state index < -0.39 is 0 Å². The fourth-order valence-corrected chi connectivity index (χ4v) is 2.48. The summed E-state index contributed by atoms with van der Waals surface area (Å²) in [5.74, 6) is 0.656. The van der Waals surface area contributed by atoms with Gasteiger partial charge in [-0.05, 0) is 42.1 Å². The number of hydrogen-bond acceptors (Lipinski definition) is 3. The molecule has 0 atom stereocenters. The van der Waals surface area contributed by atoms with Crippen molar-refractivity contribution in [3.63, 3.8) is 0 Å². The van der Waals surface area contributed by atoms with Crippen LogP contribution < -0.4 is 0 Å². The van der Waals surface area contributed by atoms with E-state index in [2.05, 4.69) is 13.0 Å². The third kappa shape index (κ3) is 3.11. The Morgan fingerprint density at radius 3 is 2.94 bits per heavy atom. The van der Waals surface area contributed by atoms with Crippen molar-refractivity contribution >= 4 is 23.3 Å². The largest absolute Gasteiger partial charge is 0.465 e. The summed E-state index contributed by atoms with van der Waals surface area (Å²) in [4.78, 5) is 14.8. The van der Waals surface area contributed by atoms with Crippen LogP contribution in [0.4, 0.5) is 0 Å². The van der Waals surface area contributed by atoms with Gasteiger partial charge in [0.15, 0.2) is 0 Å². The van der Waals surface area contributed by atoms with Crippen LogP contribution in [0, 0.1) is 6.92 Å². The van der Waals surface area contributed by atoms with Gasteiger partial charge in [-0.2, -0.15) is 0 Å². The Labute approximate surface area is 110 Å². The molecule has 4 heteroatoms. The minimum absolute atomic E-state index is 0.0285. The Bertz CT molecular complexity index is 540. The highest BCUT2D eigenvalue weighted by Crippen LogP contribution is 2.17. The Hall–Kier alpha value is -1.81. The van der Waals surface area contributed by atoms with E-state index >= 15 is 0 Å². The molecule has 0 aliphatic rings. The first kappa shape index (κ1) is 12.6. The summed E-state index contributed by atoms with van der Waals surface area (Å²) in [6.07, 6.45) is 4.80. The van der Waals surface area contributed by atoms with E-state index in [1.54, 1.807) is 41.7 Å². The van der Waals surface area contributed by atoms with Crippen molar-refractivity contribution in [2.75, 3.05) is 7.05 Å². The Morgan fingerprint density at radius 1 is 1.50 bits per heavy atom. The van der Waals surface area contributed by atoms with Gasteiger partial charge in [0.25, 0.3) is 0 Å². The first-order valence-corrected chi connectivity index (χ1v) is 6.54. The molecule has 0 fully saturated rings. The molecule has 2 rings (SSSR count). The minimum Gasteiger partial charge on any atom is -0.465 e. The van der Waals surface area contributed by atoms with Crippen LogP contribution in [-0.2, 0) is 11.3 Å². The number of nitrogens with zero attached hydrogens (tertiary/aromatic N) is 1. The van der Waals surface area contributed by atoms with E-state index in [9.17, 15) is 4.79 Å². The van der Waals surface area contributed by atoms with Crippen LogP contribution in [-0.4, -0.2) is 17.9 Å². The van der Waals surface area contributed by atoms with Gasteiger partial charge in [-0.25, -0.2) is 0 Å². The molecule has 94 valence electrons. The summed E-state index contributed by atoms with van der Waals surface area (Å²) in [7, 11) is 1.80. The summed E-state index contributed by atoms with van der Waals surface area (Å²) in [5, 5.41) is 2.04. The average Bonchev–Trinajstić information content (AvgIpc) is 2.99. The van der Waals surface area contributed by atoms with Gasteiger partial charge in [-0.1, -0.05) is 0 Å². The summed E-state index contributed by atoms with van der Waals surface area (Å²) < 4.78 is 5.13. The monoisotopic (exact) mass is 261 g/mol. The van der Waals surface area contributed by atoms with Crippen LogP contribution in [0.15, 0.2) is 40.3 Å². The first-order chi connectivity index (χ1) is 8.66. The number of carbonyl (C=O) groups excluding carboxylic acids is 1. The van der Waals surface area contributed by atoms with E-state index in [1.807, 2.05) is 11.4 Å². The van der Waals surface area contributed by atoms with E-state index in [0.29, 0.717) is 12.3 Å². The zero-order valence-corrected chi connectivity index (χ0v) is 11.2. The standard InChI is InChI=1S/C14H15NO2S/c1-11-7-9-18-13(11)10-15(2)14(16)6-5-12-4-3-8-17-12/h3-9H,10H2,1-2H3/b6-5+. The van der Waals surface area contributed by atoms with Crippen molar-refractivity contribution in [2.45, 2.75) is 13.5 Å². The molecule has 0 aliphatic heterocycles. The quantitative estimate of drug-likeness (QED) is 0.791. The summed E-state index contributed by atoms with van der Waals surface area (Å²) in [6, 6.07) is 5.67. The molecule has 0 saturated carbocycles. The second kappa shape index (κ2) is 5.69. The lowest BCUT2D eigenvalue weighted by atomic mass is 10.3. The number of carbonyl (C=O) groups is 1. The second-order valence-electron chi connectivity index (χ2n) is 4.07. The molecular formula is C14H15NO2S. The molecule has 0 radical (unpaired) electrons. The number of thiophene rings is 1. The molecule has 0 spiro atoms. The SMILES string of the molecule is Cc1ccsc1CN(C)C(=O)/C=C/c1ccco1. The highest BCUT2D eigenvalue weighted by molar-refractivity contribution is 7.10. The van der Waals surface area contributed by atoms with E-state index in [1.165, 1.54) is 16.5 Å². The van der Waals surface area contributed by atoms with Gasteiger partial charge in [0.05, 0.1) is 12.8 Å². The molecule has 18 heavy (non-hydrogen) atoms. The summed E-state index contributed by atoms with van der Waals surface area (Å²) in [6.45, 7) is 2.70. The van der Waals surface area contributed by atoms with Crippen molar-refractivity contribution < 1.29 is 9.21 Å². The van der Waals surface area contributed by atoms with Gasteiger partial charge < -0.3 is 9.32 Å².